The van der Waals surface area contributed by atoms with Crippen molar-refractivity contribution >= 4 is 17.4 Å². The molecule has 30 heavy (non-hydrogen) atoms. The molecule has 6 nitrogen and oxygen atoms in total. The van der Waals surface area contributed by atoms with Gasteiger partial charge in [0.05, 0.1) is 17.7 Å². The fraction of sp³-hybridized carbons (Fsp3) is 0.333. The molecule has 2 aromatic rings. The van der Waals surface area contributed by atoms with Crippen molar-refractivity contribution in [2.75, 3.05) is 27.2 Å². The molecule has 1 fully saturated rings. The molecule has 6 heteroatoms. The third-order valence-corrected chi connectivity index (χ3v) is 4.94. The van der Waals surface area contributed by atoms with Gasteiger partial charge >= 0.3 is 0 Å². The minimum atomic E-state index is -0.664. The van der Waals surface area contributed by atoms with E-state index >= 15 is 0 Å². The van der Waals surface area contributed by atoms with E-state index in [1.54, 1.807) is 24.3 Å². The summed E-state index contributed by atoms with van der Waals surface area (Å²) in [5.74, 6) is -0.708. The van der Waals surface area contributed by atoms with Crippen molar-refractivity contribution in [1.29, 1.82) is 0 Å². The van der Waals surface area contributed by atoms with E-state index in [0.29, 0.717) is 24.4 Å². The predicted octanol–water partition coefficient (Wildman–Crippen LogP) is 3.46. The van der Waals surface area contributed by atoms with Crippen LogP contribution in [0.3, 0.4) is 0 Å². The Labute approximate surface area is 177 Å². The lowest BCUT2D eigenvalue weighted by Crippen LogP contribution is -2.35. The molecule has 0 aliphatic carbocycles. The molecule has 0 spiro atoms. The molecule has 1 unspecified atom stereocenters. The van der Waals surface area contributed by atoms with Gasteiger partial charge in [0.15, 0.2) is 0 Å². The molecular formula is C24H28N2O4. The van der Waals surface area contributed by atoms with E-state index in [2.05, 4.69) is 0 Å². The molecule has 1 heterocycles. The third-order valence-electron chi connectivity index (χ3n) is 4.94. The van der Waals surface area contributed by atoms with Gasteiger partial charge in [-0.05, 0) is 45.6 Å². The summed E-state index contributed by atoms with van der Waals surface area (Å²) in [6, 6.07) is 15.5. The Kier molecular flexibility index (Phi) is 6.57. The first-order valence-electron chi connectivity index (χ1n) is 10.0. The third kappa shape index (κ3) is 4.54. The van der Waals surface area contributed by atoms with Crippen LogP contribution in [-0.2, 0) is 9.59 Å². The molecule has 158 valence electrons. The summed E-state index contributed by atoms with van der Waals surface area (Å²) >= 11 is 0. The van der Waals surface area contributed by atoms with Gasteiger partial charge in [0, 0.05) is 18.7 Å². The molecule has 1 aliphatic rings. The van der Waals surface area contributed by atoms with Crippen LogP contribution in [0.1, 0.15) is 31.0 Å². The maximum absolute atomic E-state index is 12.9. The molecule has 0 bridgehead atoms. The van der Waals surface area contributed by atoms with Crippen LogP contribution >= 0.6 is 0 Å². The standard InChI is InChI=1S/C24H28N2O4/c1-16(2)30-19-12-10-17(11-13-19)21-20(22(27)18-8-6-5-7-9-18)23(28)24(29)26(21)15-14-25(3)4/h5-13,16,21,27H,14-15H2,1-4H3/b22-20+. The van der Waals surface area contributed by atoms with E-state index in [4.69, 9.17) is 4.74 Å². The number of aliphatic hydroxyl groups is 1. The summed E-state index contributed by atoms with van der Waals surface area (Å²) in [5.41, 5.74) is 1.37. The maximum atomic E-state index is 12.9. The maximum Gasteiger partial charge on any atom is 0.295 e. The summed E-state index contributed by atoms with van der Waals surface area (Å²) in [7, 11) is 3.82. The minimum absolute atomic E-state index is 0.0413. The number of Topliss-reactive ketones (excluding diaryl/α,β-unsaturated/α-hetero) is 1. The van der Waals surface area contributed by atoms with Crippen LogP contribution in [0.4, 0.5) is 0 Å². The molecule has 1 saturated heterocycles. The van der Waals surface area contributed by atoms with E-state index in [1.807, 2.05) is 63.2 Å². The predicted molar refractivity (Wildman–Crippen MR) is 116 cm³/mol. The van der Waals surface area contributed by atoms with Gasteiger partial charge < -0.3 is 19.6 Å². The highest BCUT2D eigenvalue weighted by Crippen LogP contribution is 2.39. The van der Waals surface area contributed by atoms with Crippen molar-refractivity contribution in [3.63, 3.8) is 0 Å². The zero-order valence-electron chi connectivity index (χ0n) is 17.8. The Bertz CT molecular complexity index is 933. The van der Waals surface area contributed by atoms with Crippen molar-refractivity contribution in [2.24, 2.45) is 0 Å². The quantitative estimate of drug-likeness (QED) is 0.432. The Morgan fingerprint density at radius 2 is 1.70 bits per heavy atom. The number of benzene rings is 2. The van der Waals surface area contributed by atoms with Crippen LogP contribution < -0.4 is 4.74 Å². The van der Waals surface area contributed by atoms with Crippen LogP contribution in [0.5, 0.6) is 5.75 Å². The zero-order valence-corrected chi connectivity index (χ0v) is 17.8. The van der Waals surface area contributed by atoms with Crippen LogP contribution in [0.2, 0.25) is 0 Å². The van der Waals surface area contributed by atoms with Gasteiger partial charge in [-0.2, -0.15) is 0 Å². The topological polar surface area (TPSA) is 70.1 Å². The fourth-order valence-electron chi connectivity index (χ4n) is 3.52. The summed E-state index contributed by atoms with van der Waals surface area (Å²) in [6.45, 7) is 4.87. The number of hydrogen-bond acceptors (Lipinski definition) is 5. The lowest BCUT2D eigenvalue weighted by atomic mass is 9.95. The smallest absolute Gasteiger partial charge is 0.295 e. The molecule has 1 aliphatic heterocycles. The van der Waals surface area contributed by atoms with E-state index in [9.17, 15) is 14.7 Å². The van der Waals surface area contributed by atoms with Gasteiger partial charge in [-0.15, -0.1) is 0 Å². The number of nitrogens with zero attached hydrogens (tertiary/aromatic N) is 2. The lowest BCUT2D eigenvalue weighted by molar-refractivity contribution is -0.140. The molecule has 1 amide bonds. The Morgan fingerprint density at radius 3 is 2.27 bits per heavy atom. The first-order valence-corrected chi connectivity index (χ1v) is 10.0. The SMILES string of the molecule is CC(C)Oc1ccc(C2/C(=C(\O)c3ccccc3)C(=O)C(=O)N2CCN(C)C)cc1. The molecule has 1 atom stereocenters. The molecule has 3 rings (SSSR count). The molecule has 0 radical (unpaired) electrons. The number of carbonyl (C=O) groups excluding carboxylic acids is 2. The van der Waals surface area contributed by atoms with Crippen LogP contribution in [-0.4, -0.2) is 59.9 Å². The first-order chi connectivity index (χ1) is 14.3. The van der Waals surface area contributed by atoms with Crippen molar-refractivity contribution in [2.45, 2.75) is 26.0 Å². The second-order valence-electron chi connectivity index (χ2n) is 7.90. The van der Waals surface area contributed by atoms with E-state index in [-0.39, 0.29) is 17.4 Å². The number of aliphatic hydroxyl groups excluding tert-OH is 1. The molecule has 0 saturated carbocycles. The monoisotopic (exact) mass is 408 g/mol. The Balaban J connectivity index is 2.07. The van der Waals surface area contributed by atoms with Gasteiger partial charge in [-0.3, -0.25) is 9.59 Å². The summed E-state index contributed by atoms with van der Waals surface area (Å²) in [6.07, 6.45) is 0.0413. The summed E-state index contributed by atoms with van der Waals surface area (Å²) in [5, 5.41) is 11.0. The summed E-state index contributed by atoms with van der Waals surface area (Å²) < 4.78 is 5.71. The van der Waals surface area contributed by atoms with Crippen molar-refractivity contribution < 1.29 is 19.4 Å². The van der Waals surface area contributed by atoms with Crippen molar-refractivity contribution in [3.05, 3.63) is 71.3 Å². The lowest BCUT2D eigenvalue weighted by Gasteiger charge is -2.26. The van der Waals surface area contributed by atoms with E-state index in [1.165, 1.54) is 4.90 Å². The van der Waals surface area contributed by atoms with Gasteiger partial charge in [0.1, 0.15) is 11.5 Å². The van der Waals surface area contributed by atoms with Gasteiger partial charge in [0.2, 0.25) is 0 Å². The molecular weight excluding hydrogens is 380 g/mol. The average molecular weight is 408 g/mol. The highest BCUT2D eigenvalue weighted by Gasteiger charge is 2.45. The molecule has 2 aromatic carbocycles. The van der Waals surface area contributed by atoms with Gasteiger partial charge in [-0.1, -0.05) is 42.5 Å². The van der Waals surface area contributed by atoms with Crippen LogP contribution in [0.25, 0.3) is 5.76 Å². The van der Waals surface area contributed by atoms with E-state index < -0.39 is 17.7 Å². The number of likely N-dealkylation sites (N-methyl/N-ethyl adjacent to an activating group) is 1. The number of amides is 1. The normalized spacial score (nSPS) is 18.5. The number of ketones is 1. The van der Waals surface area contributed by atoms with Gasteiger partial charge in [0.25, 0.3) is 11.7 Å². The van der Waals surface area contributed by atoms with Crippen LogP contribution in [0.15, 0.2) is 60.2 Å². The highest BCUT2D eigenvalue weighted by atomic mass is 16.5. The molecule has 0 aromatic heterocycles. The first kappa shape index (κ1) is 21.6. The largest absolute Gasteiger partial charge is 0.507 e. The van der Waals surface area contributed by atoms with Crippen molar-refractivity contribution in [3.8, 4) is 5.75 Å². The average Bonchev–Trinajstić information content (AvgIpc) is 2.97. The minimum Gasteiger partial charge on any atom is -0.507 e. The highest BCUT2D eigenvalue weighted by molar-refractivity contribution is 6.46. The van der Waals surface area contributed by atoms with Gasteiger partial charge in [-0.25, -0.2) is 0 Å². The summed E-state index contributed by atoms with van der Waals surface area (Å²) in [4.78, 5) is 29.3. The van der Waals surface area contributed by atoms with Crippen LogP contribution in [0, 0.1) is 0 Å². The molecule has 1 N–H and O–H groups in total. The number of likely N-dealkylation sites (tertiary alicyclic amines) is 1. The number of ether oxygens (including phenoxy) is 1. The second kappa shape index (κ2) is 9.13. The second-order valence-corrected chi connectivity index (χ2v) is 7.90. The zero-order chi connectivity index (χ0) is 21.8. The van der Waals surface area contributed by atoms with Crippen molar-refractivity contribution in [1.82, 2.24) is 9.80 Å². The number of hydrogen-bond donors (Lipinski definition) is 1. The number of carbonyl (C=O) groups is 2. The fourth-order valence-corrected chi connectivity index (χ4v) is 3.52. The Hall–Kier alpha value is -3.12. The van der Waals surface area contributed by atoms with E-state index in [0.717, 1.165) is 5.56 Å². The number of rotatable bonds is 7. The Morgan fingerprint density at radius 1 is 1.07 bits per heavy atom.